The fourth-order valence-corrected chi connectivity index (χ4v) is 2.80. The number of nitrogens with one attached hydrogen (secondary N) is 2. The van der Waals surface area contributed by atoms with Gasteiger partial charge in [0.25, 0.3) is 5.91 Å². The van der Waals surface area contributed by atoms with Crippen LogP contribution in [-0.4, -0.2) is 29.1 Å². The van der Waals surface area contributed by atoms with E-state index in [4.69, 9.17) is 0 Å². The topological polar surface area (TPSA) is 65.1 Å². The van der Waals surface area contributed by atoms with Gasteiger partial charge in [-0.15, -0.1) is 0 Å². The van der Waals surface area contributed by atoms with Gasteiger partial charge in [0.2, 0.25) is 0 Å². The fraction of sp³-hybridized carbons (Fsp3) is 0.211. The van der Waals surface area contributed by atoms with Crippen LogP contribution in [0, 0.1) is 5.82 Å². The van der Waals surface area contributed by atoms with Crippen molar-refractivity contribution in [3.8, 4) is 0 Å². The minimum Gasteiger partial charge on any atom is -0.396 e. The molecule has 1 unspecified atom stereocenters. The average molecular weight is 326 g/mol. The van der Waals surface area contributed by atoms with E-state index in [1.807, 2.05) is 30.3 Å². The molecule has 1 aromatic heterocycles. The van der Waals surface area contributed by atoms with Crippen molar-refractivity contribution in [2.75, 3.05) is 13.2 Å². The molecule has 5 heteroatoms. The first-order valence-electron chi connectivity index (χ1n) is 7.89. The first-order valence-corrected chi connectivity index (χ1v) is 7.89. The van der Waals surface area contributed by atoms with Crippen LogP contribution in [0.25, 0.3) is 10.9 Å². The number of H-pyrrole nitrogens is 1. The zero-order valence-corrected chi connectivity index (χ0v) is 13.1. The Morgan fingerprint density at radius 2 is 1.96 bits per heavy atom. The number of hydrogen-bond acceptors (Lipinski definition) is 2. The van der Waals surface area contributed by atoms with Crippen LogP contribution in [0.4, 0.5) is 4.39 Å². The number of aliphatic hydroxyl groups is 1. The van der Waals surface area contributed by atoms with Crippen molar-refractivity contribution in [3.63, 3.8) is 0 Å². The summed E-state index contributed by atoms with van der Waals surface area (Å²) in [5.41, 5.74) is 2.19. The second-order valence-electron chi connectivity index (χ2n) is 5.74. The van der Waals surface area contributed by atoms with Gasteiger partial charge in [-0.1, -0.05) is 30.3 Å². The lowest BCUT2D eigenvalue weighted by Gasteiger charge is -2.16. The van der Waals surface area contributed by atoms with Gasteiger partial charge in [-0.3, -0.25) is 4.79 Å². The van der Waals surface area contributed by atoms with E-state index in [1.165, 1.54) is 12.1 Å². The molecule has 0 saturated carbocycles. The molecule has 2 aromatic carbocycles. The fourth-order valence-electron chi connectivity index (χ4n) is 2.80. The zero-order chi connectivity index (χ0) is 16.9. The van der Waals surface area contributed by atoms with E-state index in [0.717, 1.165) is 11.1 Å². The minimum absolute atomic E-state index is 0.0435. The third kappa shape index (κ3) is 3.63. The van der Waals surface area contributed by atoms with Gasteiger partial charge in [-0.05, 0) is 36.2 Å². The van der Waals surface area contributed by atoms with Crippen molar-refractivity contribution >= 4 is 16.8 Å². The molecule has 0 spiro atoms. The minimum atomic E-state index is -0.333. The lowest BCUT2D eigenvalue weighted by molar-refractivity contribution is 0.0945. The summed E-state index contributed by atoms with van der Waals surface area (Å²) >= 11 is 0. The van der Waals surface area contributed by atoms with Gasteiger partial charge < -0.3 is 15.4 Å². The van der Waals surface area contributed by atoms with Crippen LogP contribution in [0.1, 0.15) is 28.4 Å². The summed E-state index contributed by atoms with van der Waals surface area (Å²) in [6.45, 7) is 0.480. The first kappa shape index (κ1) is 16.2. The van der Waals surface area contributed by atoms with Crippen LogP contribution in [0.2, 0.25) is 0 Å². The maximum absolute atomic E-state index is 13.2. The molecule has 0 fully saturated rings. The van der Waals surface area contributed by atoms with E-state index in [-0.39, 0.29) is 24.2 Å². The Hall–Kier alpha value is -2.66. The molecule has 0 saturated heterocycles. The zero-order valence-electron chi connectivity index (χ0n) is 13.1. The number of halogens is 1. The number of aromatic nitrogens is 1. The van der Waals surface area contributed by atoms with E-state index in [9.17, 15) is 14.3 Å². The van der Waals surface area contributed by atoms with Crippen molar-refractivity contribution in [1.29, 1.82) is 0 Å². The van der Waals surface area contributed by atoms with Crippen LogP contribution >= 0.6 is 0 Å². The number of benzene rings is 2. The molecule has 1 amide bonds. The number of carbonyl (C=O) groups excluding carboxylic acids is 1. The molecule has 0 bridgehead atoms. The molecule has 1 heterocycles. The standard InChI is InChI=1S/C19H19FN2O2/c20-16-6-7-17-15(10-16)11-18(22-17)19(24)21-12-14(8-9-23)13-4-2-1-3-5-13/h1-7,10-11,14,22-23H,8-9,12H2,(H,21,24). The third-order valence-electron chi connectivity index (χ3n) is 4.08. The van der Waals surface area contributed by atoms with Crippen LogP contribution < -0.4 is 5.32 Å². The second-order valence-corrected chi connectivity index (χ2v) is 5.74. The van der Waals surface area contributed by atoms with E-state index in [2.05, 4.69) is 10.3 Å². The summed E-state index contributed by atoms with van der Waals surface area (Å²) in [6.07, 6.45) is 0.572. The molecule has 3 N–H and O–H groups in total. The average Bonchev–Trinajstić information content (AvgIpc) is 3.02. The number of fused-ring (bicyclic) bond motifs is 1. The molecule has 0 aliphatic heterocycles. The highest BCUT2D eigenvalue weighted by Crippen LogP contribution is 2.19. The highest BCUT2D eigenvalue weighted by Gasteiger charge is 2.15. The molecule has 124 valence electrons. The predicted molar refractivity (Wildman–Crippen MR) is 91.5 cm³/mol. The van der Waals surface area contributed by atoms with Crippen molar-refractivity contribution < 1.29 is 14.3 Å². The predicted octanol–water partition coefficient (Wildman–Crippen LogP) is 3.20. The monoisotopic (exact) mass is 326 g/mol. The van der Waals surface area contributed by atoms with Gasteiger partial charge in [0.1, 0.15) is 11.5 Å². The van der Waals surface area contributed by atoms with Gasteiger partial charge >= 0.3 is 0 Å². The number of carbonyl (C=O) groups is 1. The lowest BCUT2D eigenvalue weighted by Crippen LogP contribution is -2.29. The Kier molecular flexibility index (Phi) is 4.91. The van der Waals surface area contributed by atoms with Gasteiger partial charge in [-0.2, -0.15) is 0 Å². The Labute approximate surface area is 139 Å². The van der Waals surface area contributed by atoms with Crippen molar-refractivity contribution in [2.45, 2.75) is 12.3 Å². The summed E-state index contributed by atoms with van der Waals surface area (Å²) in [5.74, 6) is -0.534. The first-order chi connectivity index (χ1) is 11.7. The Bertz CT molecular complexity index is 830. The molecular weight excluding hydrogens is 307 g/mol. The molecule has 4 nitrogen and oxygen atoms in total. The molecule has 3 rings (SSSR count). The Morgan fingerprint density at radius 1 is 1.17 bits per heavy atom. The maximum Gasteiger partial charge on any atom is 0.267 e. The van der Waals surface area contributed by atoms with E-state index < -0.39 is 0 Å². The number of hydrogen-bond donors (Lipinski definition) is 3. The molecule has 1 atom stereocenters. The van der Waals surface area contributed by atoms with Gasteiger partial charge in [0, 0.05) is 30.0 Å². The quantitative estimate of drug-likeness (QED) is 0.651. The number of aromatic amines is 1. The Balaban J connectivity index is 1.70. The molecule has 0 radical (unpaired) electrons. The maximum atomic E-state index is 13.2. The summed E-state index contributed by atoms with van der Waals surface area (Å²) in [6, 6.07) is 15.8. The summed E-state index contributed by atoms with van der Waals surface area (Å²) < 4.78 is 13.2. The molecule has 24 heavy (non-hydrogen) atoms. The number of rotatable bonds is 6. The van der Waals surface area contributed by atoms with Gasteiger partial charge in [0.15, 0.2) is 0 Å². The van der Waals surface area contributed by atoms with E-state index >= 15 is 0 Å². The second kappa shape index (κ2) is 7.27. The lowest BCUT2D eigenvalue weighted by atomic mass is 9.96. The normalized spacial score (nSPS) is 12.2. The highest BCUT2D eigenvalue weighted by molar-refractivity contribution is 5.98. The third-order valence-corrected chi connectivity index (χ3v) is 4.08. The van der Waals surface area contributed by atoms with Crippen molar-refractivity contribution in [2.24, 2.45) is 0 Å². The summed E-state index contributed by atoms with van der Waals surface area (Å²) in [4.78, 5) is 15.3. The van der Waals surface area contributed by atoms with Crippen LogP contribution in [0.15, 0.2) is 54.6 Å². The van der Waals surface area contributed by atoms with Crippen LogP contribution in [0.3, 0.4) is 0 Å². The Morgan fingerprint density at radius 3 is 2.71 bits per heavy atom. The van der Waals surface area contributed by atoms with Crippen LogP contribution in [0.5, 0.6) is 0 Å². The van der Waals surface area contributed by atoms with Crippen LogP contribution in [-0.2, 0) is 0 Å². The summed E-state index contributed by atoms with van der Waals surface area (Å²) in [5, 5.41) is 12.8. The molecule has 3 aromatic rings. The highest BCUT2D eigenvalue weighted by atomic mass is 19.1. The van der Waals surface area contributed by atoms with Gasteiger partial charge in [0.05, 0.1) is 0 Å². The number of amides is 1. The smallest absolute Gasteiger partial charge is 0.267 e. The SMILES string of the molecule is O=C(NCC(CCO)c1ccccc1)c1cc2cc(F)ccc2[nH]1. The molecular formula is C19H19FN2O2. The van der Waals surface area contributed by atoms with Crippen molar-refractivity contribution in [1.82, 2.24) is 10.3 Å². The van der Waals surface area contributed by atoms with E-state index in [1.54, 1.807) is 12.1 Å². The molecule has 0 aliphatic rings. The van der Waals surface area contributed by atoms with Crippen molar-refractivity contribution in [3.05, 3.63) is 71.7 Å². The van der Waals surface area contributed by atoms with Gasteiger partial charge in [-0.25, -0.2) is 4.39 Å². The summed E-state index contributed by atoms with van der Waals surface area (Å²) in [7, 11) is 0. The number of aliphatic hydroxyl groups excluding tert-OH is 1. The largest absolute Gasteiger partial charge is 0.396 e. The molecule has 0 aliphatic carbocycles. The van der Waals surface area contributed by atoms with E-state index in [0.29, 0.717) is 24.0 Å².